The number of carbonyl (C=O) groups is 2. The molecule has 0 bridgehead atoms. The van der Waals surface area contributed by atoms with E-state index in [0.29, 0.717) is 18.2 Å². The quantitative estimate of drug-likeness (QED) is 0.847. The number of nitrogens with one attached hydrogen (secondary N) is 2. The molecule has 2 N–H and O–H groups in total. The summed E-state index contributed by atoms with van der Waals surface area (Å²) in [5, 5.41) is 8.25. The highest BCUT2D eigenvalue weighted by Gasteiger charge is 2.38. The Morgan fingerprint density at radius 1 is 1.26 bits per heavy atom. The van der Waals surface area contributed by atoms with E-state index in [1.807, 2.05) is 24.1 Å². The van der Waals surface area contributed by atoms with E-state index < -0.39 is 5.54 Å². The van der Waals surface area contributed by atoms with Gasteiger partial charge in [0, 0.05) is 24.0 Å². The lowest BCUT2D eigenvalue weighted by Crippen LogP contribution is -2.62. The molecule has 2 heterocycles. The monoisotopic (exact) mass is 386 g/mol. The van der Waals surface area contributed by atoms with Crippen LogP contribution in [0.5, 0.6) is 0 Å². The highest BCUT2D eigenvalue weighted by atomic mass is 32.1. The van der Waals surface area contributed by atoms with E-state index in [1.54, 1.807) is 0 Å². The van der Waals surface area contributed by atoms with Crippen LogP contribution in [0, 0.1) is 20.8 Å². The number of anilines is 1. The second kappa shape index (κ2) is 7.40. The third kappa shape index (κ3) is 4.04. The fraction of sp³-hybridized carbons (Fsp3) is 0.450. The molecule has 1 aliphatic heterocycles. The largest absolute Gasteiger partial charge is 0.353 e. The molecule has 2 aromatic rings. The van der Waals surface area contributed by atoms with E-state index in [-0.39, 0.29) is 18.4 Å². The maximum atomic E-state index is 12.5. The number of piperazine rings is 1. The minimum absolute atomic E-state index is 0.0525. The van der Waals surface area contributed by atoms with Crippen molar-refractivity contribution in [2.45, 2.75) is 40.2 Å². The number of hydrogen-bond donors (Lipinski definition) is 2. The molecule has 0 unspecified atom stereocenters. The van der Waals surface area contributed by atoms with E-state index in [4.69, 9.17) is 0 Å². The van der Waals surface area contributed by atoms with Crippen LogP contribution in [0.4, 0.5) is 5.13 Å². The molecule has 3 rings (SSSR count). The number of thiazole rings is 1. The van der Waals surface area contributed by atoms with Crippen LogP contribution >= 0.6 is 11.3 Å². The topological polar surface area (TPSA) is 74.3 Å². The zero-order chi connectivity index (χ0) is 19.8. The van der Waals surface area contributed by atoms with Crippen molar-refractivity contribution in [3.05, 3.63) is 34.2 Å². The molecule has 1 aromatic carbocycles. The van der Waals surface area contributed by atoms with E-state index >= 15 is 0 Å². The fourth-order valence-electron chi connectivity index (χ4n) is 3.24. The van der Waals surface area contributed by atoms with Gasteiger partial charge in [-0.2, -0.15) is 0 Å². The van der Waals surface area contributed by atoms with Crippen molar-refractivity contribution in [1.29, 1.82) is 0 Å². The normalized spacial score (nSPS) is 16.9. The standard InChI is InChI=1S/C20H26N4O2S/c1-12-8-14(3)15(9-13(12)2)16-11-27-19(22-16)23-17(25)10-24-7-6-21-18(26)20(24,4)5/h8-9,11H,6-7,10H2,1-5H3,(H,21,26)(H,22,23,25). The first kappa shape index (κ1) is 19.5. The number of benzene rings is 1. The summed E-state index contributed by atoms with van der Waals surface area (Å²) in [7, 11) is 0. The Balaban J connectivity index is 1.70. The second-order valence-electron chi connectivity index (χ2n) is 7.57. The van der Waals surface area contributed by atoms with Crippen molar-refractivity contribution in [3.8, 4) is 11.3 Å². The predicted molar refractivity (Wildman–Crippen MR) is 109 cm³/mol. The van der Waals surface area contributed by atoms with Gasteiger partial charge in [-0.1, -0.05) is 6.07 Å². The highest BCUT2D eigenvalue weighted by molar-refractivity contribution is 7.14. The Labute approximate surface area is 164 Å². The molecule has 0 atom stereocenters. The molecule has 2 amide bonds. The fourth-order valence-corrected chi connectivity index (χ4v) is 3.97. The van der Waals surface area contributed by atoms with E-state index in [1.165, 1.54) is 28.0 Å². The first-order valence-corrected chi connectivity index (χ1v) is 9.93. The third-order valence-electron chi connectivity index (χ3n) is 5.22. The summed E-state index contributed by atoms with van der Waals surface area (Å²) in [4.78, 5) is 31.0. The lowest BCUT2D eigenvalue weighted by Gasteiger charge is -2.40. The molecule has 6 nitrogen and oxygen atoms in total. The van der Waals surface area contributed by atoms with Gasteiger partial charge in [0.2, 0.25) is 11.8 Å². The molecular formula is C20H26N4O2S. The van der Waals surface area contributed by atoms with Gasteiger partial charge in [-0.15, -0.1) is 11.3 Å². The molecule has 1 aliphatic rings. The minimum atomic E-state index is -0.694. The molecule has 0 aliphatic carbocycles. The summed E-state index contributed by atoms with van der Waals surface area (Å²) in [6.45, 7) is 11.3. The van der Waals surface area contributed by atoms with Crippen LogP contribution in [0.2, 0.25) is 0 Å². The lowest BCUT2D eigenvalue weighted by molar-refractivity contribution is -0.136. The molecule has 1 fully saturated rings. The molecule has 1 aromatic heterocycles. The summed E-state index contributed by atoms with van der Waals surface area (Å²) in [5.41, 5.74) is 4.91. The second-order valence-corrected chi connectivity index (χ2v) is 8.43. The van der Waals surface area contributed by atoms with Crippen LogP contribution in [-0.4, -0.2) is 46.9 Å². The Morgan fingerprint density at radius 3 is 2.70 bits per heavy atom. The lowest BCUT2D eigenvalue weighted by atomic mass is 9.99. The molecule has 27 heavy (non-hydrogen) atoms. The van der Waals surface area contributed by atoms with Gasteiger partial charge in [-0.3, -0.25) is 14.5 Å². The number of hydrogen-bond acceptors (Lipinski definition) is 5. The van der Waals surface area contributed by atoms with Crippen molar-refractivity contribution >= 4 is 28.3 Å². The maximum Gasteiger partial charge on any atom is 0.240 e. The molecule has 144 valence electrons. The van der Waals surface area contributed by atoms with Crippen molar-refractivity contribution < 1.29 is 9.59 Å². The van der Waals surface area contributed by atoms with Crippen LogP contribution in [0.15, 0.2) is 17.5 Å². The zero-order valence-electron chi connectivity index (χ0n) is 16.5. The Kier molecular flexibility index (Phi) is 5.35. The van der Waals surface area contributed by atoms with Gasteiger partial charge in [-0.25, -0.2) is 4.98 Å². The van der Waals surface area contributed by atoms with Crippen molar-refractivity contribution in [2.75, 3.05) is 25.0 Å². The first-order chi connectivity index (χ1) is 12.7. The molecule has 1 saturated heterocycles. The summed E-state index contributed by atoms with van der Waals surface area (Å²) < 4.78 is 0. The average Bonchev–Trinajstić information content (AvgIpc) is 3.03. The van der Waals surface area contributed by atoms with E-state index in [9.17, 15) is 9.59 Å². The smallest absolute Gasteiger partial charge is 0.240 e. The van der Waals surface area contributed by atoms with Crippen molar-refractivity contribution in [3.63, 3.8) is 0 Å². The SMILES string of the molecule is Cc1cc(C)c(-c2csc(NC(=O)CN3CCNC(=O)C3(C)C)n2)cc1C. The number of aryl methyl sites for hydroxylation is 3. The minimum Gasteiger partial charge on any atom is -0.353 e. The third-order valence-corrected chi connectivity index (χ3v) is 5.97. The molecular weight excluding hydrogens is 360 g/mol. The number of rotatable bonds is 4. The van der Waals surface area contributed by atoms with Gasteiger partial charge < -0.3 is 10.6 Å². The van der Waals surface area contributed by atoms with Crippen LogP contribution in [0.3, 0.4) is 0 Å². The average molecular weight is 387 g/mol. The summed E-state index contributed by atoms with van der Waals surface area (Å²) in [6, 6.07) is 4.30. The Bertz CT molecular complexity index is 888. The van der Waals surface area contributed by atoms with Gasteiger partial charge in [-0.05, 0) is 57.4 Å². The van der Waals surface area contributed by atoms with E-state index in [0.717, 1.165) is 11.3 Å². The number of amides is 2. The number of aromatic nitrogens is 1. The molecule has 0 radical (unpaired) electrons. The molecule has 0 spiro atoms. The van der Waals surface area contributed by atoms with Crippen LogP contribution in [-0.2, 0) is 9.59 Å². The zero-order valence-corrected chi connectivity index (χ0v) is 17.3. The first-order valence-electron chi connectivity index (χ1n) is 9.05. The van der Waals surface area contributed by atoms with Gasteiger partial charge in [0.25, 0.3) is 0 Å². The van der Waals surface area contributed by atoms with Crippen molar-refractivity contribution in [1.82, 2.24) is 15.2 Å². The van der Waals surface area contributed by atoms with E-state index in [2.05, 4.69) is 48.5 Å². The predicted octanol–water partition coefficient (Wildman–Crippen LogP) is 2.88. The number of carbonyl (C=O) groups excluding carboxylic acids is 2. The summed E-state index contributed by atoms with van der Waals surface area (Å²) >= 11 is 1.41. The molecule has 7 heteroatoms. The van der Waals surface area contributed by atoms with Crippen LogP contribution in [0.1, 0.15) is 30.5 Å². The van der Waals surface area contributed by atoms with Gasteiger partial charge in [0.05, 0.1) is 17.8 Å². The highest BCUT2D eigenvalue weighted by Crippen LogP contribution is 2.29. The summed E-state index contributed by atoms with van der Waals surface area (Å²) in [6.07, 6.45) is 0. The van der Waals surface area contributed by atoms with Gasteiger partial charge in [0.15, 0.2) is 5.13 Å². The Morgan fingerprint density at radius 2 is 1.96 bits per heavy atom. The maximum absolute atomic E-state index is 12.5. The van der Waals surface area contributed by atoms with Crippen molar-refractivity contribution in [2.24, 2.45) is 0 Å². The molecule has 0 saturated carbocycles. The van der Waals surface area contributed by atoms with Crippen LogP contribution < -0.4 is 10.6 Å². The van der Waals surface area contributed by atoms with Gasteiger partial charge >= 0.3 is 0 Å². The van der Waals surface area contributed by atoms with Crippen LogP contribution in [0.25, 0.3) is 11.3 Å². The Hall–Kier alpha value is -2.25. The summed E-state index contributed by atoms with van der Waals surface area (Å²) in [5.74, 6) is -0.209. The van der Waals surface area contributed by atoms with Gasteiger partial charge in [0.1, 0.15) is 0 Å². The number of nitrogens with zero attached hydrogens (tertiary/aromatic N) is 2.